The number of nitrogens with one attached hydrogen (secondary N) is 1. The molecule has 1 aromatic rings. The Hall–Kier alpha value is -0.930. The Labute approximate surface area is 111 Å². The molecule has 1 N–H and O–H groups in total. The third-order valence-electron chi connectivity index (χ3n) is 3.03. The molecule has 0 saturated carbocycles. The Morgan fingerprint density at radius 2 is 2.00 bits per heavy atom. The summed E-state index contributed by atoms with van der Waals surface area (Å²) in [6.07, 6.45) is 6.15. The zero-order valence-corrected chi connectivity index (χ0v) is 11.9. The molecular formula is C15H26N2O. The van der Waals surface area contributed by atoms with Gasteiger partial charge in [0.1, 0.15) is 0 Å². The van der Waals surface area contributed by atoms with Crippen LogP contribution in [0.3, 0.4) is 0 Å². The summed E-state index contributed by atoms with van der Waals surface area (Å²) in [5, 5.41) is 3.36. The lowest BCUT2D eigenvalue weighted by molar-refractivity contribution is 0.0221. The van der Waals surface area contributed by atoms with Crippen molar-refractivity contribution in [1.82, 2.24) is 10.3 Å². The Balaban J connectivity index is 2.18. The van der Waals surface area contributed by atoms with Gasteiger partial charge in [-0.05, 0) is 43.0 Å². The molecule has 1 aromatic heterocycles. The van der Waals surface area contributed by atoms with Gasteiger partial charge in [0, 0.05) is 25.5 Å². The lowest BCUT2D eigenvalue weighted by atomic mass is 10.1. The van der Waals surface area contributed by atoms with Crippen molar-refractivity contribution < 1.29 is 4.74 Å². The van der Waals surface area contributed by atoms with Gasteiger partial charge in [-0.25, -0.2) is 0 Å². The Kier molecular flexibility index (Phi) is 7.62. The molecule has 1 unspecified atom stereocenters. The number of likely N-dealkylation sites (N-methyl/N-ethyl adjacent to an activating group) is 1. The molecule has 1 heterocycles. The minimum absolute atomic E-state index is 0.322. The first kappa shape index (κ1) is 15.1. The predicted molar refractivity (Wildman–Crippen MR) is 75.7 cm³/mol. The van der Waals surface area contributed by atoms with E-state index in [1.54, 1.807) is 0 Å². The predicted octanol–water partition coefficient (Wildman–Crippen LogP) is 2.66. The van der Waals surface area contributed by atoms with E-state index in [0.717, 1.165) is 32.5 Å². The van der Waals surface area contributed by atoms with Gasteiger partial charge in [-0.2, -0.15) is 0 Å². The van der Waals surface area contributed by atoms with Crippen LogP contribution in [-0.2, 0) is 11.2 Å². The number of aromatic nitrogens is 1. The molecule has 0 bridgehead atoms. The highest BCUT2D eigenvalue weighted by molar-refractivity contribution is 5.09. The normalized spacial score (nSPS) is 12.9. The highest BCUT2D eigenvalue weighted by Gasteiger charge is 2.12. The van der Waals surface area contributed by atoms with Crippen molar-refractivity contribution >= 4 is 0 Å². The highest BCUT2D eigenvalue weighted by Crippen LogP contribution is 2.07. The second-order valence-corrected chi connectivity index (χ2v) is 4.92. The smallest absolute Gasteiger partial charge is 0.0722 e. The van der Waals surface area contributed by atoms with Gasteiger partial charge < -0.3 is 10.1 Å². The molecule has 3 nitrogen and oxygen atoms in total. The van der Waals surface area contributed by atoms with E-state index in [-0.39, 0.29) is 0 Å². The summed E-state index contributed by atoms with van der Waals surface area (Å²) in [6, 6.07) is 4.14. The molecule has 18 heavy (non-hydrogen) atoms. The Morgan fingerprint density at radius 1 is 1.28 bits per heavy atom. The molecule has 1 rings (SSSR count). The molecule has 0 radical (unpaired) electrons. The van der Waals surface area contributed by atoms with Gasteiger partial charge >= 0.3 is 0 Å². The fourth-order valence-corrected chi connectivity index (χ4v) is 1.83. The van der Waals surface area contributed by atoms with E-state index >= 15 is 0 Å². The lowest BCUT2D eigenvalue weighted by Crippen LogP contribution is -2.33. The summed E-state index contributed by atoms with van der Waals surface area (Å²) in [5.74, 6) is 0.560. The maximum Gasteiger partial charge on any atom is 0.0722 e. The first-order valence-corrected chi connectivity index (χ1v) is 6.95. The van der Waals surface area contributed by atoms with Crippen molar-refractivity contribution in [3.8, 4) is 0 Å². The first-order chi connectivity index (χ1) is 8.74. The fourth-order valence-electron chi connectivity index (χ4n) is 1.83. The van der Waals surface area contributed by atoms with Gasteiger partial charge in [-0.15, -0.1) is 0 Å². The molecule has 0 aliphatic heterocycles. The van der Waals surface area contributed by atoms with Gasteiger partial charge in [0.15, 0.2) is 0 Å². The van der Waals surface area contributed by atoms with Gasteiger partial charge in [-0.3, -0.25) is 4.98 Å². The second kappa shape index (κ2) is 9.06. The zero-order chi connectivity index (χ0) is 13.2. The third-order valence-corrected chi connectivity index (χ3v) is 3.03. The second-order valence-electron chi connectivity index (χ2n) is 4.92. The third kappa shape index (κ3) is 6.12. The van der Waals surface area contributed by atoms with E-state index in [9.17, 15) is 0 Å². The number of hydrogen-bond acceptors (Lipinski definition) is 3. The topological polar surface area (TPSA) is 34.1 Å². The molecule has 0 amide bonds. The highest BCUT2D eigenvalue weighted by atomic mass is 16.5. The van der Waals surface area contributed by atoms with Crippen LogP contribution >= 0.6 is 0 Å². The van der Waals surface area contributed by atoms with Gasteiger partial charge in [0.05, 0.1) is 6.10 Å². The van der Waals surface area contributed by atoms with Crippen LogP contribution in [0.5, 0.6) is 0 Å². The first-order valence-electron chi connectivity index (χ1n) is 6.95. The van der Waals surface area contributed by atoms with Crippen molar-refractivity contribution in [2.24, 2.45) is 5.92 Å². The molecule has 3 heteroatoms. The van der Waals surface area contributed by atoms with Crippen LogP contribution < -0.4 is 5.32 Å². The van der Waals surface area contributed by atoms with E-state index in [1.807, 2.05) is 12.4 Å². The zero-order valence-electron chi connectivity index (χ0n) is 11.9. The van der Waals surface area contributed by atoms with Crippen LogP contribution in [0.1, 0.15) is 32.8 Å². The van der Waals surface area contributed by atoms with Crippen LogP contribution in [0.2, 0.25) is 0 Å². The average Bonchev–Trinajstić information content (AvgIpc) is 2.38. The molecule has 0 aliphatic carbocycles. The van der Waals surface area contributed by atoms with Crippen LogP contribution in [0.15, 0.2) is 24.5 Å². The summed E-state index contributed by atoms with van der Waals surface area (Å²) < 4.78 is 5.95. The molecule has 0 spiro atoms. The van der Waals surface area contributed by atoms with Crippen LogP contribution in [0.4, 0.5) is 0 Å². The van der Waals surface area contributed by atoms with Crippen LogP contribution in [0, 0.1) is 5.92 Å². The summed E-state index contributed by atoms with van der Waals surface area (Å²) in [6.45, 7) is 9.33. The van der Waals surface area contributed by atoms with Crippen LogP contribution in [-0.4, -0.2) is 30.8 Å². The number of aryl methyl sites for hydroxylation is 1. The molecule has 1 atom stereocenters. The molecule has 0 saturated heterocycles. The monoisotopic (exact) mass is 250 g/mol. The number of nitrogens with zero attached hydrogens (tertiary/aromatic N) is 1. The number of ether oxygens (including phenoxy) is 1. The van der Waals surface area contributed by atoms with E-state index in [2.05, 4.69) is 43.2 Å². The summed E-state index contributed by atoms with van der Waals surface area (Å²) in [7, 11) is 0. The van der Waals surface area contributed by atoms with Crippen molar-refractivity contribution in [3.05, 3.63) is 30.1 Å². The van der Waals surface area contributed by atoms with Gasteiger partial charge in [0.25, 0.3) is 0 Å². The van der Waals surface area contributed by atoms with E-state index < -0.39 is 0 Å². The maximum atomic E-state index is 5.95. The van der Waals surface area contributed by atoms with Crippen molar-refractivity contribution in [3.63, 3.8) is 0 Å². The molecular weight excluding hydrogens is 224 g/mol. The van der Waals surface area contributed by atoms with Crippen LogP contribution in [0.25, 0.3) is 0 Å². The minimum atomic E-state index is 0.322. The summed E-state index contributed by atoms with van der Waals surface area (Å²) in [4.78, 5) is 4.02. The number of pyridine rings is 1. The number of hydrogen-bond donors (Lipinski definition) is 1. The van der Waals surface area contributed by atoms with Gasteiger partial charge in [-0.1, -0.05) is 20.8 Å². The maximum absolute atomic E-state index is 5.95. The minimum Gasteiger partial charge on any atom is -0.377 e. The lowest BCUT2D eigenvalue weighted by Gasteiger charge is -2.21. The quantitative estimate of drug-likeness (QED) is 0.684. The van der Waals surface area contributed by atoms with Gasteiger partial charge in [0.2, 0.25) is 0 Å². The summed E-state index contributed by atoms with van der Waals surface area (Å²) >= 11 is 0. The Morgan fingerprint density at radius 3 is 2.61 bits per heavy atom. The Bertz CT molecular complexity index is 301. The van der Waals surface area contributed by atoms with Crippen molar-refractivity contribution in [2.75, 3.05) is 19.7 Å². The van der Waals surface area contributed by atoms with E-state index in [1.165, 1.54) is 5.56 Å². The largest absolute Gasteiger partial charge is 0.377 e. The fraction of sp³-hybridized carbons (Fsp3) is 0.667. The number of rotatable bonds is 9. The average molecular weight is 250 g/mol. The molecule has 0 aliphatic rings. The van der Waals surface area contributed by atoms with E-state index in [0.29, 0.717) is 12.0 Å². The molecule has 102 valence electrons. The standard InChI is InChI=1S/C15H26N2O/c1-4-16-12-15(13(2)3)18-11-5-6-14-7-9-17-10-8-14/h7-10,13,15-16H,4-6,11-12H2,1-3H3. The van der Waals surface area contributed by atoms with E-state index in [4.69, 9.17) is 4.74 Å². The molecule has 0 fully saturated rings. The SMILES string of the molecule is CCNCC(OCCCc1ccncc1)C(C)C. The van der Waals surface area contributed by atoms with Crippen molar-refractivity contribution in [1.29, 1.82) is 0 Å². The van der Waals surface area contributed by atoms with Crippen molar-refractivity contribution in [2.45, 2.75) is 39.7 Å². The summed E-state index contributed by atoms with van der Waals surface area (Å²) in [5.41, 5.74) is 1.33. The molecule has 0 aromatic carbocycles.